The molecule has 3 rings (SSSR count). The molecule has 7 nitrogen and oxygen atoms in total. The Morgan fingerprint density at radius 1 is 1.35 bits per heavy atom. The van der Waals surface area contributed by atoms with Crippen LogP contribution < -0.4 is 0 Å². The van der Waals surface area contributed by atoms with Gasteiger partial charge in [0.25, 0.3) is 0 Å². The van der Waals surface area contributed by atoms with Crippen molar-refractivity contribution in [2.24, 2.45) is 7.05 Å². The maximum atomic E-state index is 12.0. The Morgan fingerprint density at radius 3 is 2.85 bits per heavy atom. The number of hydrogen-bond donors (Lipinski definition) is 0. The van der Waals surface area contributed by atoms with E-state index in [1.54, 1.807) is 11.7 Å². The van der Waals surface area contributed by atoms with Crippen LogP contribution in [-0.2, 0) is 11.8 Å². The van der Waals surface area contributed by atoms with Gasteiger partial charge in [0, 0.05) is 18.8 Å². The topological polar surface area (TPSA) is 73.1 Å². The molecular weight excluding hydrogens is 278 g/mol. The third-order valence-electron chi connectivity index (χ3n) is 3.90. The van der Waals surface area contributed by atoms with Gasteiger partial charge >= 0.3 is 6.09 Å². The first-order valence-corrected chi connectivity index (χ1v) is 8.05. The van der Waals surface area contributed by atoms with E-state index in [2.05, 4.69) is 15.5 Å². The molecule has 1 saturated carbocycles. The number of amides is 1. The number of rotatable bonds is 4. The van der Waals surface area contributed by atoms with Crippen LogP contribution >= 0.6 is 11.8 Å². The van der Waals surface area contributed by atoms with Crippen molar-refractivity contribution in [1.82, 2.24) is 25.1 Å². The van der Waals surface area contributed by atoms with Gasteiger partial charge in [-0.15, -0.1) is 5.10 Å². The number of cyclic esters (lactones) is 1. The van der Waals surface area contributed by atoms with Gasteiger partial charge in [-0.05, 0) is 23.3 Å². The second-order valence-electron chi connectivity index (χ2n) is 5.35. The minimum atomic E-state index is -0.154. The SMILES string of the molecule is Cn1nnnc1SCC1CN(C2CCCCC2)C(=O)O1. The van der Waals surface area contributed by atoms with Crippen molar-refractivity contribution in [3.05, 3.63) is 0 Å². The molecule has 1 amide bonds. The maximum absolute atomic E-state index is 12.0. The molecule has 2 aliphatic rings. The summed E-state index contributed by atoms with van der Waals surface area (Å²) in [5, 5.41) is 12.0. The fraction of sp³-hybridized carbons (Fsp3) is 0.833. The molecule has 0 N–H and O–H groups in total. The van der Waals surface area contributed by atoms with E-state index in [-0.39, 0.29) is 12.2 Å². The van der Waals surface area contributed by atoms with Gasteiger partial charge in [0.05, 0.1) is 6.54 Å². The lowest BCUT2D eigenvalue weighted by molar-refractivity contribution is 0.128. The summed E-state index contributed by atoms with van der Waals surface area (Å²) in [6.07, 6.45) is 5.74. The number of carbonyl (C=O) groups is 1. The van der Waals surface area contributed by atoms with Gasteiger partial charge in [-0.25, -0.2) is 9.48 Å². The quantitative estimate of drug-likeness (QED) is 0.783. The van der Waals surface area contributed by atoms with Gasteiger partial charge in [-0.3, -0.25) is 0 Å². The Hall–Kier alpha value is -1.31. The molecule has 0 bridgehead atoms. The number of hydrogen-bond acceptors (Lipinski definition) is 6. The smallest absolute Gasteiger partial charge is 0.410 e. The Kier molecular flexibility index (Phi) is 4.09. The van der Waals surface area contributed by atoms with Crippen LogP contribution in [0.15, 0.2) is 5.16 Å². The molecule has 1 saturated heterocycles. The van der Waals surface area contributed by atoms with E-state index in [4.69, 9.17) is 4.74 Å². The van der Waals surface area contributed by atoms with Crippen molar-refractivity contribution in [3.63, 3.8) is 0 Å². The summed E-state index contributed by atoms with van der Waals surface area (Å²) in [5.74, 6) is 0.698. The van der Waals surface area contributed by atoms with Gasteiger partial charge in [-0.2, -0.15) is 0 Å². The van der Waals surface area contributed by atoms with Crippen LogP contribution in [0.4, 0.5) is 4.79 Å². The summed E-state index contributed by atoms with van der Waals surface area (Å²) in [6.45, 7) is 0.696. The van der Waals surface area contributed by atoms with Gasteiger partial charge in [-0.1, -0.05) is 31.0 Å². The summed E-state index contributed by atoms with van der Waals surface area (Å²) in [7, 11) is 1.80. The number of thioether (sulfide) groups is 1. The van der Waals surface area contributed by atoms with E-state index >= 15 is 0 Å². The third kappa shape index (κ3) is 2.89. The molecule has 2 heterocycles. The highest BCUT2D eigenvalue weighted by Crippen LogP contribution is 2.28. The normalized spacial score (nSPS) is 24.1. The number of nitrogens with zero attached hydrogens (tertiary/aromatic N) is 5. The fourth-order valence-electron chi connectivity index (χ4n) is 2.83. The van der Waals surface area contributed by atoms with E-state index in [0.717, 1.165) is 18.0 Å². The number of aromatic nitrogens is 4. The summed E-state index contributed by atoms with van der Waals surface area (Å²) in [4.78, 5) is 13.9. The summed E-state index contributed by atoms with van der Waals surface area (Å²) < 4.78 is 7.08. The molecule has 1 aromatic rings. The van der Waals surface area contributed by atoms with Gasteiger partial charge < -0.3 is 9.64 Å². The molecule has 8 heteroatoms. The number of ether oxygens (including phenoxy) is 1. The van der Waals surface area contributed by atoms with Crippen LogP contribution in [0.3, 0.4) is 0 Å². The van der Waals surface area contributed by atoms with Crippen molar-refractivity contribution in [2.45, 2.75) is 49.4 Å². The monoisotopic (exact) mass is 297 g/mol. The van der Waals surface area contributed by atoms with Crippen molar-refractivity contribution in [1.29, 1.82) is 0 Å². The summed E-state index contributed by atoms with van der Waals surface area (Å²) >= 11 is 1.52. The summed E-state index contributed by atoms with van der Waals surface area (Å²) in [6, 6.07) is 0.378. The average Bonchev–Trinajstić information content (AvgIpc) is 3.03. The highest BCUT2D eigenvalue weighted by Gasteiger charge is 2.36. The molecule has 1 unspecified atom stereocenters. The van der Waals surface area contributed by atoms with Crippen molar-refractivity contribution >= 4 is 17.9 Å². The largest absolute Gasteiger partial charge is 0.443 e. The molecule has 0 spiro atoms. The molecule has 1 atom stereocenters. The van der Waals surface area contributed by atoms with Crippen LogP contribution in [0.25, 0.3) is 0 Å². The zero-order valence-corrected chi connectivity index (χ0v) is 12.4. The molecule has 2 fully saturated rings. The first-order chi connectivity index (χ1) is 9.74. The van der Waals surface area contributed by atoms with E-state index in [9.17, 15) is 4.79 Å². The Balaban J connectivity index is 1.52. The summed E-state index contributed by atoms with van der Waals surface area (Å²) in [5.41, 5.74) is 0. The lowest BCUT2D eigenvalue weighted by Crippen LogP contribution is -2.37. The van der Waals surface area contributed by atoms with E-state index < -0.39 is 0 Å². The molecule has 0 aromatic carbocycles. The zero-order valence-electron chi connectivity index (χ0n) is 11.6. The van der Waals surface area contributed by atoms with Crippen molar-refractivity contribution in [3.8, 4) is 0 Å². The molecule has 1 aliphatic carbocycles. The predicted molar refractivity (Wildman–Crippen MR) is 73.4 cm³/mol. The van der Waals surface area contributed by atoms with Crippen LogP contribution in [0, 0.1) is 0 Å². The zero-order chi connectivity index (χ0) is 13.9. The van der Waals surface area contributed by atoms with Crippen LogP contribution in [0.5, 0.6) is 0 Å². The van der Waals surface area contributed by atoms with Gasteiger partial charge in [0.2, 0.25) is 5.16 Å². The predicted octanol–water partition coefficient (Wildman–Crippen LogP) is 1.46. The molecular formula is C12H19N5O2S. The Labute approximate surface area is 122 Å². The highest BCUT2D eigenvalue weighted by molar-refractivity contribution is 7.99. The molecule has 1 aliphatic heterocycles. The van der Waals surface area contributed by atoms with Crippen LogP contribution in [0.1, 0.15) is 32.1 Å². The Morgan fingerprint density at radius 2 is 2.15 bits per heavy atom. The van der Waals surface area contributed by atoms with Gasteiger partial charge in [0.1, 0.15) is 6.10 Å². The van der Waals surface area contributed by atoms with E-state index in [1.807, 2.05) is 4.90 Å². The molecule has 20 heavy (non-hydrogen) atoms. The second-order valence-corrected chi connectivity index (χ2v) is 6.33. The molecule has 110 valence electrons. The second kappa shape index (κ2) is 5.99. The number of carbonyl (C=O) groups excluding carboxylic acids is 1. The Bertz CT molecular complexity index is 474. The highest BCUT2D eigenvalue weighted by atomic mass is 32.2. The average molecular weight is 297 g/mol. The lowest BCUT2D eigenvalue weighted by atomic mass is 9.94. The van der Waals surface area contributed by atoms with E-state index in [1.165, 1.54) is 31.0 Å². The van der Waals surface area contributed by atoms with Gasteiger partial charge in [0.15, 0.2) is 0 Å². The fourth-order valence-corrected chi connectivity index (χ4v) is 3.66. The molecule has 0 radical (unpaired) electrons. The third-order valence-corrected chi connectivity index (χ3v) is 5.04. The minimum absolute atomic E-state index is 0.0638. The lowest BCUT2D eigenvalue weighted by Gasteiger charge is -2.28. The number of tetrazole rings is 1. The standard InChI is InChI=1S/C12H19N5O2S/c1-16-11(13-14-15-16)20-8-10-7-17(12(18)19-10)9-5-3-2-4-6-9/h9-10H,2-8H2,1H3. The van der Waals surface area contributed by atoms with Crippen molar-refractivity contribution < 1.29 is 9.53 Å². The van der Waals surface area contributed by atoms with Crippen LogP contribution in [-0.4, -0.2) is 55.6 Å². The van der Waals surface area contributed by atoms with E-state index in [0.29, 0.717) is 18.3 Å². The first kappa shape index (κ1) is 13.7. The number of aryl methyl sites for hydroxylation is 1. The minimum Gasteiger partial charge on any atom is -0.443 e. The first-order valence-electron chi connectivity index (χ1n) is 7.06. The van der Waals surface area contributed by atoms with Crippen LogP contribution in [0.2, 0.25) is 0 Å². The van der Waals surface area contributed by atoms with Crippen molar-refractivity contribution in [2.75, 3.05) is 12.3 Å². The maximum Gasteiger partial charge on any atom is 0.410 e. The molecule has 1 aromatic heterocycles.